The van der Waals surface area contributed by atoms with Gasteiger partial charge in [0.2, 0.25) is 0 Å². The van der Waals surface area contributed by atoms with Gasteiger partial charge in [-0.15, -0.1) is 12.4 Å². The highest BCUT2D eigenvalue weighted by atomic mass is 79.9. The van der Waals surface area contributed by atoms with Gasteiger partial charge in [0.25, 0.3) is 0 Å². The molecule has 5 heteroatoms. The second kappa shape index (κ2) is 6.40. The Morgan fingerprint density at radius 3 is 1.87 bits per heavy atom. The SMILES string of the molecule is CN1CCC2(CC1)c1cc(Br)ccc1Oc1ccc(Br)cc12.Cl. The molecule has 0 unspecified atom stereocenters. The lowest BCUT2D eigenvalue weighted by Gasteiger charge is -2.45. The Morgan fingerprint density at radius 1 is 0.913 bits per heavy atom. The van der Waals surface area contributed by atoms with Crippen LogP contribution in [0.2, 0.25) is 0 Å². The van der Waals surface area contributed by atoms with Crippen LogP contribution in [0, 0.1) is 0 Å². The van der Waals surface area contributed by atoms with Crippen molar-refractivity contribution in [2.24, 2.45) is 0 Å². The third-order valence-electron chi connectivity index (χ3n) is 4.97. The highest BCUT2D eigenvalue weighted by Crippen LogP contribution is 2.54. The van der Waals surface area contributed by atoms with E-state index in [0.29, 0.717) is 0 Å². The maximum Gasteiger partial charge on any atom is 0.131 e. The molecule has 0 aromatic heterocycles. The summed E-state index contributed by atoms with van der Waals surface area (Å²) in [6, 6.07) is 12.8. The molecule has 2 aromatic carbocycles. The van der Waals surface area contributed by atoms with E-state index < -0.39 is 0 Å². The maximum atomic E-state index is 6.19. The topological polar surface area (TPSA) is 12.5 Å². The summed E-state index contributed by atoms with van der Waals surface area (Å²) in [7, 11) is 2.20. The number of fused-ring (bicyclic) bond motifs is 4. The number of rotatable bonds is 0. The fraction of sp³-hybridized carbons (Fsp3) is 0.333. The number of halogens is 3. The van der Waals surface area contributed by atoms with Gasteiger partial charge < -0.3 is 9.64 Å². The van der Waals surface area contributed by atoms with E-state index in [-0.39, 0.29) is 17.8 Å². The minimum absolute atomic E-state index is 0. The van der Waals surface area contributed by atoms with E-state index in [1.165, 1.54) is 11.1 Å². The normalized spacial score (nSPS) is 18.6. The van der Waals surface area contributed by atoms with Crippen molar-refractivity contribution >= 4 is 44.3 Å². The Balaban J connectivity index is 0.00000156. The van der Waals surface area contributed by atoms with Gasteiger partial charge in [-0.2, -0.15) is 0 Å². The molecular weight excluding hydrogens is 441 g/mol. The smallest absolute Gasteiger partial charge is 0.131 e. The third kappa shape index (κ3) is 2.84. The van der Waals surface area contributed by atoms with Crippen molar-refractivity contribution in [2.45, 2.75) is 18.3 Å². The molecule has 2 nitrogen and oxygen atoms in total. The van der Waals surface area contributed by atoms with Gasteiger partial charge in [-0.25, -0.2) is 0 Å². The van der Waals surface area contributed by atoms with Gasteiger partial charge in [-0.3, -0.25) is 0 Å². The molecule has 4 rings (SSSR count). The van der Waals surface area contributed by atoms with E-state index in [0.717, 1.165) is 46.4 Å². The zero-order chi connectivity index (χ0) is 15.3. The first-order valence-corrected chi connectivity index (χ1v) is 9.14. The lowest BCUT2D eigenvalue weighted by Crippen LogP contribution is -2.43. The van der Waals surface area contributed by atoms with Crippen LogP contribution in [0.25, 0.3) is 0 Å². The number of benzene rings is 2. The summed E-state index contributed by atoms with van der Waals surface area (Å²) in [5, 5.41) is 0. The minimum atomic E-state index is 0. The van der Waals surface area contributed by atoms with E-state index in [4.69, 9.17) is 4.74 Å². The van der Waals surface area contributed by atoms with Crippen molar-refractivity contribution in [3.63, 3.8) is 0 Å². The van der Waals surface area contributed by atoms with Crippen molar-refractivity contribution < 1.29 is 4.74 Å². The molecule has 0 aliphatic carbocycles. The number of ether oxygens (including phenoxy) is 1. The van der Waals surface area contributed by atoms with Crippen LogP contribution in [0.3, 0.4) is 0 Å². The van der Waals surface area contributed by atoms with Gasteiger partial charge in [0.1, 0.15) is 11.5 Å². The molecule has 0 atom stereocenters. The van der Waals surface area contributed by atoms with Gasteiger partial charge in [0.05, 0.1) is 0 Å². The fourth-order valence-electron chi connectivity index (χ4n) is 3.73. The molecule has 0 bridgehead atoms. The first kappa shape index (κ1) is 17.3. The zero-order valence-electron chi connectivity index (χ0n) is 12.8. The van der Waals surface area contributed by atoms with Crippen molar-refractivity contribution in [3.05, 3.63) is 56.5 Å². The summed E-state index contributed by atoms with van der Waals surface area (Å²) >= 11 is 7.26. The van der Waals surface area contributed by atoms with E-state index >= 15 is 0 Å². The number of hydrogen-bond donors (Lipinski definition) is 0. The van der Waals surface area contributed by atoms with Crippen LogP contribution in [0.1, 0.15) is 24.0 Å². The van der Waals surface area contributed by atoms with Gasteiger partial charge in [0.15, 0.2) is 0 Å². The minimum Gasteiger partial charge on any atom is -0.457 e. The average molecular weight is 460 g/mol. The summed E-state index contributed by atoms with van der Waals surface area (Å²) in [5.74, 6) is 2.00. The largest absolute Gasteiger partial charge is 0.457 e. The summed E-state index contributed by atoms with van der Waals surface area (Å²) in [6.07, 6.45) is 2.25. The Kier molecular flexibility index (Phi) is 4.81. The zero-order valence-corrected chi connectivity index (χ0v) is 16.8. The van der Waals surface area contributed by atoms with E-state index in [2.05, 4.69) is 80.2 Å². The van der Waals surface area contributed by atoms with Gasteiger partial charge in [0, 0.05) is 25.5 Å². The molecule has 1 fully saturated rings. The Morgan fingerprint density at radius 2 is 1.39 bits per heavy atom. The molecule has 1 saturated heterocycles. The predicted octanol–water partition coefficient (Wildman–Crippen LogP) is 5.75. The van der Waals surface area contributed by atoms with Gasteiger partial charge in [-0.1, -0.05) is 31.9 Å². The highest BCUT2D eigenvalue weighted by Gasteiger charge is 2.44. The predicted molar refractivity (Wildman–Crippen MR) is 103 cm³/mol. The summed E-state index contributed by atoms with van der Waals surface area (Å²) in [5.41, 5.74) is 2.70. The van der Waals surface area contributed by atoms with Gasteiger partial charge in [-0.05, 0) is 69.4 Å². The van der Waals surface area contributed by atoms with Crippen LogP contribution >= 0.6 is 44.3 Å². The molecule has 23 heavy (non-hydrogen) atoms. The van der Waals surface area contributed by atoms with Crippen LogP contribution in [-0.2, 0) is 5.41 Å². The fourth-order valence-corrected chi connectivity index (χ4v) is 4.46. The van der Waals surface area contributed by atoms with E-state index in [1.54, 1.807) is 0 Å². The molecule has 2 aliphatic rings. The number of hydrogen-bond acceptors (Lipinski definition) is 2. The number of likely N-dealkylation sites (tertiary alicyclic amines) is 1. The first-order chi connectivity index (χ1) is 10.6. The third-order valence-corrected chi connectivity index (χ3v) is 5.96. The number of piperidine rings is 1. The molecular formula is C18H18Br2ClNO. The van der Waals surface area contributed by atoms with Gasteiger partial charge >= 0.3 is 0 Å². The highest BCUT2D eigenvalue weighted by molar-refractivity contribution is 9.10. The molecule has 0 saturated carbocycles. The van der Waals surface area contributed by atoms with Crippen molar-refractivity contribution in [3.8, 4) is 11.5 Å². The first-order valence-electron chi connectivity index (χ1n) is 7.55. The Hall–Kier alpha value is -0.550. The summed E-state index contributed by atoms with van der Waals surface area (Å²) in [4.78, 5) is 2.41. The number of nitrogens with zero attached hydrogens (tertiary/aromatic N) is 1. The molecule has 2 aromatic rings. The maximum absolute atomic E-state index is 6.19. The van der Waals surface area contributed by atoms with E-state index in [9.17, 15) is 0 Å². The molecule has 0 N–H and O–H groups in total. The Bertz CT molecular complexity index is 688. The average Bonchev–Trinajstić information content (AvgIpc) is 2.51. The van der Waals surface area contributed by atoms with E-state index in [1.807, 2.05) is 0 Å². The molecule has 1 spiro atoms. The Labute approximate surface area is 159 Å². The lowest BCUT2D eigenvalue weighted by atomic mass is 9.66. The van der Waals surface area contributed by atoms with Crippen LogP contribution in [-0.4, -0.2) is 25.0 Å². The van der Waals surface area contributed by atoms with Crippen LogP contribution in [0.5, 0.6) is 11.5 Å². The van der Waals surface area contributed by atoms with Crippen LogP contribution in [0.15, 0.2) is 45.3 Å². The summed E-state index contributed by atoms with van der Waals surface area (Å²) in [6.45, 7) is 2.22. The standard InChI is InChI=1S/C18H17Br2NO.ClH/c1-21-8-6-18(7-9-21)14-10-12(19)2-4-16(14)22-17-5-3-13(20)11-15(17)18;/h2-5,10-11H,6-9H2,1H3;1H. The van der Waals surface area contributed by atoms with Crippen LogP contribution < -0.4 is 4.74 Å². The van der Waals surface area contributed by atoms with Crippen molar-refractivity contribution in [1.82, 2.24) is 4.90 Å². The molecule has 2 heterocycles. The second-order valence-corrected chi connectivity index (χ2v) is 8.10. The monoisotopic (exact) mass is 457 g/mol. The summed E-state index contributed by atoms with van der Waals surface area (Å²) < 4.78 is 8.42. The molecule has 0 amide bonds. The molecule has 122 valence electrons. The second-order valence-electron chi connectivity index (χ2n) is 6.27. The molecule has 2 aliphatic heterocycles. The lowest BCUT2D eigenvalue weighted by molar-refractivity contribution is 0.202. The molecule has 0 radical (unpaired) electrons. The van der Waals surface area contributed by atoms with Crippen molar-refractivity contribution in [2.75, 3.05) is 20.1 Å². The quantitative estimate of drug-likeness (QED) is 0.497. The van der Waals surface area contributed by atoms with Crippen molar-refractivity contribution in [1.29, 1.82) is 0 Å². The van der Waals surface area contributed by atoms with Crippen LogP contribution in [0.4, 0.5) is 0 Å².